The fourth-order valence-electron chi connectivity index (χ4n) is 1.95. The van der Waals surface area contributed by atoms with Gasteiger partial charge in [-0.3, -0.25) is 9.69 Å². The quantitative estimate of drug-likeness (QED) is 0.810. The molecule has 1 aliphatic heterocycles. The Hall–Kier alpha value is -0.690. The van der Waals surface area contributed by atoms with Gasteiger partial charge < -0.3 is 10.4 Å². The second-order valence-electron chi connectivity index (χ2n) is 4.02. The molecule has 1 saturated heterocycles. The molecule has 2 N–H and O–H groups in total. The van der Waals surface area contributed by atoms with Crippen molar-refractivity contribution in [1.82, 2.24) is 15.2 Å². The summed E-state index contributed by atoms with van der Waals surface area (Å²) in [5.74, 6) is -0.773. The molecule has 100 valence electrons. The van der Waals surface area contributed by atoms with E-state index < -0.39 is 12.0 Å². The third-order valence-electron chi connectivity index (χ3n) is 2.82. The summed E-state index contributed by atoms with van der Waals surface area (Å²) < 4.78 is 0.775. The molecule has 0 bridgehead atoms. The molecule has 1 aliphatic rings. The van der Waals surface area contributed by atoms with Crippen molar-refractivity contribution in [3.05, 3.63) is 28.5 Å². The van der Waals surface area contributed by atoms with Crippen molar-refractivity contribution in [1.29, 1.82) is 0 Å². The number of nitrogens with one attached hydrogen (secondary N) is 1. The maximum atomic E-state index is 11.1. The number of halogens is 2. The van der Waals surface area contributed by atoms with E-state index in [-0.39, 0.29) is 12.4 Å². The maximum Gasteiger partial charge on any atom is 0.322 e. The zero-order valence-corrected chi connectivity index (χ0v) is 12.1. The number of hydrogen-bond donors (Lipinski definition) is 2. The molecule has 7 heteroatoms. The lowest BCUT2D eigenvalue weighted by atomic mass is 10.1. The van der Waals surface area contributed by atoms with Crippen molar-refractivity contribution in [2.45, 2.75) is 12.6 Å². The maximum absolute atomic E-state index is 11.1. The molecule has 2 rings (SSSR count). The first kappa shape index (κ1) is 15.4. The van der Waals surface area contributed by atoms with E-state index in [1.165, 1.54) is 0 Å². The second-order valence-corrected chi connectivity index (χ2v) is 4.83. The molecule has 5 nitrogen and oxygen atoms in total. The lowest BCUT2D eigenvalue weighted by molar-refractivity contribution is -0.144. The zero-order chi connectivity index (χ0) is 12.3. The SMILES string of the molecule is Cl.O=C(O)C1CNCCN1Cc1ccnc(Br)c1. The molecule has 2 heterocycles. The van der Waals surface area contributed by atoms with Crippen molar-refractivity contribution >= 4 is 34.3 Å². The molecule has 0 aliphatic carbocycles. The Bertz CT molecular complexity index is 419. The standard InChI is InChI=1S/C11H14BrN3O2.ClH/c12-10-5-8(1-2-14-10)7-15-4-3-13-6-9(15)11(16)17;/h1-2,5,9,13H,3-4,6-7H2,(H,16,17);1H. The van der Waals surface area contributed by atoms with Crippen LogP contribution in [-0.4, -0.2) is 46.6 Å². The molecular weight excluding hydrogens is 321 g/mol. The molecular formula is C11H15BrClN3O2. The average Bonchev–Trinajstić information content (AvgIpc) is 2.29. The van der Waals surface area contributed by atoms with Gasteiger partial charge in [0, 0.05) is 32.4 Å². The van der Waals surface area contributed by atoms with Crippen LogP contribution in [0.25, 0.3) is 0 Å². The monoisotopic (exact) mass is 335 g/mol. The number of pyridine rings is 1. The molecule has 18 heavy (non-hydrogen) atoms. The average molecular weight is 337 g/mol. The van der Waals surface area contributed by atoms with Gasteiger partial charge in [0.05, 0.1) is 0 Å². The number of nitrogens with zero attached hydrogens (tertiary/aromatic N) is 2. The minimum absolute atomic E-state index is 0. The summed E-state index contributed by atoms with van der Waals surface area (Å²) in [6.07, 6.45) is 1.72. The van der Waals surface area contributed by atoms with Crippen molar-refractivity contribution in [3.63, 3.8) is 0 Å². The van der Waals surface area contributed by atoms with Gasteiger partial charge in [-0.2, -0.15) is 0 Å². The van der Waals surface area contributed by atoms with Crippen molar-refractivity contribution in [3.8, 4) is 0 Å². The Morgan fingerprint density at radius 2 is 2.44 bits per heavy atom. The number of aliphatic carboxylic acids is 1. The second kappa shape index (κ2) is 7.04. The topological polar surface area (TPSA) is 65.5 Å². The first-order valence-corrected chi connectivity index (χ1v) is 6.24. The van der Waals surface area contributed by atoms with Crippen molar-refractivity contribution in [2.75, 3.05) is 19.6 Å². The third kappa shape index (κ3) is 3.91. The normalized spacial score (nSPS) is 20.2. The van der Waals surface area contributed by atoms with Crippen LogP contribution in [-0.2, 0) is 11.3 Å². The smallest absolute Gasteiger partial charge is 0.322 e. The summed E-state index contributed by atoms with van der Waals surface area (Å²) >= 11 is 3.31. The Kier molecular flexibility index (Phi) is 6.01. The predicted molar refractivity (Wildman–Crippen MR) is 73.9 cm³/mol. The van der Waals surface area contributed by atoms with Gasteiger partial charge in [0.25, 0.3) is 0 Å². The highest BCUT2D eigenvalue weighted by Crippen LogP contribution is 2.13. The molecule has 1 fully saturated rings. The molecule has 1 unspecified atom stereocenters. The van der Waals surface area contributed by atoms with E-state index in [4.69, 9.17) is 5.11 Å². The van der Waals surface area contributed by atoms with Crippen LogP contribution in [0.3, 0.4) is 0 Å². The number of carbonyl (C=O) groups is 1. The highest BCUT2D eigenvalue weighted by atomic mass is 79.9. The minimum atomic E-state index is -0.773. The van der Waals surface area contributed by atoms with E-state index >= 15 is 0 Å². The number of aromatic nitrogens is 1. The lowest BCUT2D eigenvalue weighted by Gasteiger charge is -2.33. The van der Waals surface area contributed by atoms with E-state index in [0.29, 0.717) is 13.1 Å². The number of carboxylic acids is 1. The number of hydrogen-bond acceptors (Lipinski definition) is 4. The molecule has 1 atom stereocenters. The van der Waals surface area contributed by atoms with Gasteiger partial charge in [0.1, 0.15) is 10.6 Å². The zero-order valence-electron chi connectivity index (χ0n) is 9.67. The van der Waals surface area contributed by atoms with Gasteiger partial charge >= 0.3 is 5.97 Å². The summed E-state index contributed by atoms with van der Waals surface area (Å²) in [4.78, 5) is 17.1. The fourth-order valence-corrected chi connectivity index (χ4v) is 2.37. The molecule has 0 amide bonds. The largest absolute Gasteiger partial charge is 0.480 e. The summed E-state index contributed by atoms with van der Waals surface area (Å²) in [5.41, 5.74) is 1.07. The van der Waals surface area contributed by atoms with Crippen molar-refractivity contribution in [2.24, 2.45) is 0 Å². The van der Waals surface area contributed by atoms with Crippen molar-refractivity contribution < 1.29 is 9.90 Å². The van der Waals surface area contributed by atoms with E-state index in [0.717, 1.165) is 23.3 Å². The van der Waals surface area contributed by atoms with Crippen LogP contribution >= 0.6 is 28.3 Å². The van der Waals surface area contributed by atoms with Gasteiger partial charge in [-0.25, -0.2) is 4.98 Å². The number of carboxylic acid groups (broad SMARTS) is 1. The van der Waals surface area contributed by atoms with E-state index in [1.807, 2.05) is 17.0 Å². The summed E-state index contributed by atoms with van der Waals surface area (Å²) in [5, 5.41) is 12.2. The highest BCUT2D eigenvalue weighted by molar-refractivity contribution is 9.10. The summed E-state index contributed by atoms with van der Waals surface area (Å²) in [7, 11) is 0. The van der Waals surface area contributed by atoms with E-state index in [9.17, 15) is 4.79 Å². The van der Waals surface area contributed by atoms with Crippen LogP contribution in [0, 0.1) is 0 Å². The predicted octanol–water partition coefficient (Wildman–Crippen LogP) is 1.12. The number of piperazine rings is 1. The molecule has 1 aromatic heterocycles. The van der Waals surface area contributed by atoms with Crippen LogP contribution in [0.2, 0.25) is 0 Å². The van der Waals surface area contributed by atoms with E-state index in [1.54, 1.807) is 6.20 Å². The molecule has 0 aromatic carbocycles. The minimum Gasteiger partial charge on any atom is -0.480 e. The van der Waals surface area contributed by atoms with Crippen LogP contribution in [0.4, 0.5) is 0 Å². The molecule has 0 saturated carbocycles. The third-order valence-corrected chi connectivity index (χ3v) is 3.25. The Morgan fingerprint density at radius 1 is 1.67 bits per heavy atom. The van der Waals surface area contributed by atoms with Gasteiger partial charge in [0.15, 0.2) is 0 Å². The molecule has 0 radical (unpaired) electrons. The summed E-state index contributed by atoms with van der Waals surface area (Å²) in [6.45, 7) is 2.72. The van der Waals surface area contributed by atoms with Crippen LogP contribution in [0.1, 0.15) is 5.56 Å². The van der Waals surface area contributed by atoms with Gasteiger partial charge in [0.2, 0.25) is 0 Å². The van der Waals surface area contributed by atoms with Crippen LogP contribution in [0.5, 0.6) is 0 Å². The fraction of sp³-hybridized carbons (Fsp3) is 0.455. The first-order chi connectivity index (χ1) is 8.16. The van der Waals surface area contributed by atoms with Gasteiger partial charge in [-0.05, 0) is 33.6 Å². The van der Waals surface area contributed by atoms with Crippen LogP contribution < -0.4 is 5.32 Å². The number of rotatable bonds is 3. The Balaban J connectivity index is 0.00000162. The van der Waals surface area contributed by atoms with Gasteiger partial charge in [-0.1, -0.05) is 0 Å². The van der Waals surface area contributed by atoms with E-state index in [2.05, 4.69) is 26.2 Å². The Morgan fingerprint density at radius 3 is 3.11 bits per heavy atom. The molecule has 1 aromatic rings. The highest BCUT2D eigenvalue weighted by Gasteiger charge is 2.28. The van der Waals surface area contributed by atoms with Gasteiger partial charge in [-0.15, -0.1) is 12.4 Å². The molecule has 0 spiro atoms. The summed E-state index contributed by atoms with van der Waals surface area (Å²) in [6, 6.07) is 3.38. The Labute approximate surface area is 120 Å². The first-order valence-electron chi connectivity index (χ1n) is 5.45. The lowest BCUT2D eigenvalue weighted by Crippen LogP contribution is -2.54. The van der Waals surface area contributed by atoms with Crippen LogP contribution in [0.15, 0.2) is 22.9 Å².